The van der Waals surface area contributed by atoms with E-state index >= 15 is 0 Å². The van der Waals surface area contributed by atoms with Crippen LogP contribution in [0.25, 0.3) is 5.69 Å². The average Bonchev–Trinajstić information content (AvgIpc) is 3.16. The van der Waals surface area contributed by atoms with Gasteiger partial charge in [-0.1, -0.05) is 31.0 Å². The molecule has 0 unspecified atom stereocenters. The third-order valence-corrected chi connectivity index (χ3v) is 3.84. The fourth-order valence-electron chi connectivity index (χ4n) is 2.81. The molecule has 0 atom stereocenters. The van der Waals surface area contributed by atoms with Crippen LogP contribution in [-0.2, 0) is 0 Å². The molecule has 20 heavy (non-hydrogen) atoms. The molecule has 1 aliphatic carbocycles. The van der Waals surface area contributed by atoms with Gasteiger partial charge in [-0.25, -0.2) is 10.2 Å². The number of benzene rings is 1. The van der Waals surface area contributed by atoms with Crippen molar-refractivity contribution in [3.63, 3.8) is 0 Å². The van der Waals surface area contributed by atoms with Gasteiger partial charge in [-0.15, -0.1) is 0 Å². The van der Waals surface area contributed by atoms with Crippen LogP contribution >= 0.6 is 0 Å². The van der Waals surface area contributed by atoms with E-state index < -0.39 is 5.91 Å². The summed E-state index contributed by atoms with van der Waals surface area (Å²) in [7, 11) is 0. The number of aromatic nitrogens is 2. The number of hydrogen-bond acceptors (Lipinski definition) is 3. The van der Waals surface area contributed by atoms with Crippen molar-refractivity contribution in [3.05, 3.63) is 47.8 Å². The van der Waals surface area contributed by atoms with Crippen LogP contribution in [0.4, 0.5) is 0 Å². The molecule has 1 heterocycles. The first-order chi connectivity index (χ1) is 9.79. The fraction of sp³-hybridized carbons (Fsp3) is 0.333. The molecular formula is C15H17N3O2. The molecule has 1 aromatic heterocycles. The van der Waals surface area contributed by atoms with Gasteiger partial charge < -0.3 is 0 Å². The van der Waals surface area contributed by atoms with E-state index in [2.05, 4.69) is 5.10 Å². The fourth-order valence-corrected chi connectivity index (χ4v) is 2.81. The Kier molecular flexibility index (Phi) is 3.52. The van der Waals surface area contributed by atoms with Crippen molar-refractivity contribution in [3.8, 4) is 5.69 Å². The Bertz CT molecular complexity index is 601. The van der Waals surface area contributed by atoms with E-state index in [4.69, 9.17) is 5.21 Å². The highest BCUT2D eigenvalue weighted by Crippen LogP contribution is 2.34. The Morgan fingerprint density at radius 2 is 1.95 bits per heavy atom. The largest absolute Gasteiger partial charge is 0.293 e. The van der Waals surface area contributed by atoms with E-state index in [1.165, 1.54) is 12.8 Å². The zero-order valence-corrected chi connectivity index (χ0v) is 11.1. The van der Waals surface area contributed by atoms with Gasteiger partial charge in [0.15, 0.2) is 0 Å². The summed E-state index contributed by atoms with van der Waals surface area (Å²) in [5, 5.41) is 13.5. The number of para-hydroxylation sites is 1. The predicted octanol–water partition coefficient (Wildman–Crippen LogP) is 2.65. The van der Waals surface area contributed by atoms with Gasteiger partial charge >= 0.3 is 0 Å². The predicted molar refractivity (Wildman–Crippen MR) is 74.0 cm³/mol. The minimum absolute atomic E-state index is 0.362. The maximum absolute atomic E-state index is 11.8. The van der Waals surface area contributed by atoms with Gasteiger partial charge in [0.2, 0.25) is 0 Å². The van der Waals surface area contributed by atoms with Crippen LogP contribution in [-0.4, -0.2) is 20.9 Å². The summed E-state index contributed by atoms with van der Waals surface area (Å²) in [6.45, 7) is 0. The number of hydroxylamine groups is 1. The molecule has 1 aromatic carbocycles. The number of hydrogen-bond donors (Lipinski definition) is 2. The first kappa shape index (κ1) is 12.9. The van der Waals surface area contributed by atoms with Crippen molar-refractivity contribution in [2.75, 3.05) is 0 Å². The number of amides is 1. The van der Waals surface area contributed by atoms with Crippen molar-refractivity contribution in [1.29, 1.82) is 0 Å². The Labute approximate surface area is 117 Å². The monoisotopic (exact) mass is 271 g/mol. The van der Waals surface area contributed by atoms with Gasteiger partial charge in [0, 0.05) is 5.92 Å². The summed E-state index contributed by atoms with van der Waals surface area (Å²) in [6, 6.07) is 11.3. The molecule has 3 rings (SSSR count). The first-order valence-electron chi connectivity index (χ1n) is 6.89. The number of carbonyl (C=O) groups is 1. The second-order valence-electron chi connectivity index (χ2n) is 5.12. The molecule has 104 valence electrons. The summed E-state index contributed by atoms with van der Waals surface area (Å²) in [5.41, 5.74) is 3.81. The zero-order valence-electron chi connectivity index (χ0n) is 11.1. The molecule has 0 spiro atoms. The van der Waals surface area contributed by atoms with Crippen LogP contribution < -0.4 is 5.48 Å². The lowest BCUT2D eigenvalue weighted by molar-refractivity contribution is 0.0697. The van der Waals surface area contributed by atoms with Gasteiger partial charge in [-0.05, 0) is 31.0 Å². The third-order valence-electron chi connectivity index (χ3n) is 3.84. The lowest BCUT2D eigenvalue weighted by Gasteiger charge is -2.06. The van der Waals surface area contributed by atoms with Gasteiger partial charge in [0.05, 0.1) is 11.4 Å². The number of nitrogens with one attached hydrogen (secondary N) is 1. The molecule has 1 fully saturated rings. The maximum Gasteiger partial charge on any atom is 0.293 e. The first-order valence-corrected chi connectivity index (χ1v) is 6.89. The molecule has 0 bridgehead atoms. The topological polar surface area (TPSA) is 67.2 Å². The highest BCUT2D eigenvalue weighted by molar-refractivity contribution is 5.92. The summed E-state index contributed by atoms with van der Waals surface area (Å²) < 4.78 is 1.60. The molecule has 1 saturated carbocycles. The van der Waals surface area contributed by atoms with Crippen molar-refractivity contribution < 1.29 is 10.0 Å². The Balaban J connectivity index is 2.04. The van der Waals surface area contributed by atoms with Crippen molar-refractivity contribution in [1.82, 2.24) is 15.3 Å². The molecule has 5 nitrogen and oxygen atoms in total. The highest BCUT2D eigenvalue weighted by Gasteiger charge is 2.23. The van der Waals surface area contributed by atoms with Crippen molar-refractivity contribution >= 4 is 5.91 Å². The van der Waals surface area contributed by atoms with Crippen molar-refractivity contribution in [2.45, 2.75) is 31.6 Å². The van der Waals surface area contributed by atoms with Crippen LogP contribution in [0, 0.1) is 0 Å². The van der Waals surface area contributed by atoms with Gasteiger partial charge in [0.1, 0.15) is 5.69 Å². The summed E-state index contributed by atoms with van der Waals surface area (Å²) in [5.74, 6) is -0.115. The van der Waals surface area contributed by atoms with E-state index in [-0.39, 0.29) is 0 Å². The minimum atomic E-state index is -0.536. The Morgan fingerprint density at radius 1 is 1.25 bits per heavy atom. The van der Waals surface area contributed by atoms with E-state index in [0.717, 1.165) is 24.2 Å². The molecule has 2 aromatic rings. The van der Waals surface area contributed by atoms with Crippen LogP contribution in [0.3, 0.4) is 0 Å². The van der Waals surface area contributed by atoms with Gasteiger partial charge in [-0.3, -0.25) is 10.0 Å². The second-order valence-corrected chi connectivity index (χ2v) is 5.12. The lowest BCUT2D eigenvalue weighted by atomic mass is 10.0. The molecule has 5 heteroatoms. The summed E-state index contributed by atoms with van der Waals surface area (Å²) in [4.78, 5) is 11.8. The summed E-state index contributed by atoms with van der Waals surface area (Å²) in [6.07, 6.45) is 4.66. The third kappa shape index (κ3) is 2.32. The minimum Gasteiger partial charge on any atom is -0.288 e. The van der Waals surface area contributed by atoms with Crippen LogP contribution in [0.2, 0.25) is 0 Å². The molecular weight excluding hydrogens is 254 g/mol. The Morgan fingerprint density at radius 3 is 2.60 bits per heavy atom. The molecule has 1 amide bonds. The maximum atomic E-state index is 11.8. The number of carbonyl (C=O) groups excluding carboxylic acids is 1. The van der Waals surface area contributed by atoms with E-state index in [1.807, 2.05) is 30.3 Å². The molecule has 0 aliphatic heterocycles. The van der Waals surface area contributed by atoms with Gasteiger partial charge in [-0.2, -0.15) is 5.10 Å². The van der Waals surface area contributed by atoms with Crippen LogP contribution in [0.15, 0.2) is 36.4 Å². The van der Waals surface area contributed by atoms with Gasteiger partial charge in [0.25, 0.3) is 5.91 Å². The second kappa shape index (κ2) is 5.46. The zero-order chi connectivity index (χ0) is 13.9. The van der Waals surface area contributed by atoms with E-state index in [0.29, 0.717) is 11.6 Å². The normalized spacial score (nSPS) is 15.4. The molecule has 1 aliphatic rings. The van der Waals surface area contributed by atoms with Crippen LogP contribution in [0.5, 0.6) is 0 Å². The molecule has 2 N–H and O–H groups in total. The lowest BCUT2D eigenvalue weighted by Crippen LogP contribution is -2.22. The molecule has 0 saturated heterocycles. The molecule has 0 radical (unpaired) electrons. The van der Waals surface area contributed by atoms with E-state index in [9.17, 15) is 4.79 Å². The number of rotatable bonds is 3. The Hall–Kier alpha value is -2.14. The smallest absolute Gasteiger partial charge is 0.288 e. The standard InChI is InChI=1S/C15H17N3O2/c19-15(17-20)14-10-13(11-6-4-5-7-11)16-18(14)12-8-2-1-3-9-12/h1-3,8-11,20H,4-7H2,(H,17,19). The quantitative estimate of drug-likeness (QED) is 0.666. The SMILES string of the molecule is O=C(NO)c1cc(C2CCCC2)nn1-c1ccccc1. The van der Waals surface area contributed by atoms with E-state index in [1.54, 1.807) is 16.2 Å². The summed E-state index contributed by atoms with van der Waals surface area (Å²) >= 11 is 0. The van der Waals surface area contributed by atoms with Crippen LogP contribution in [0.1, 0.15) is 47.8 Å². The number of nitrogens with zero attached hydrogens (tertiary/aromatic N) is 2. The van der Waals surface area contributed by atoms with Crippen molar-refractivity contribution in [2.24, 2.45) is 0 Å². The highest BCUT2D eigenvalue weighted by atomic mass is 16.5. The average molecular weight is 271 g/mol.